The van der Waals surface area contributed by atoms with Crippen LogP contribution in [0.4, 0.5) is 0 Å². The average Bonchev–Trinajstić information content (AvgIpc) is 2.58. The monoisotopic (exact) mass is 338 g/mol. The van der Waals surface area contributed by atoms with Crippen molar-refractivity contribution in [2.75, 3.05) is 0 Å². The van der Waals surface area contributed by atoms with Gasteiger partial charge in [-0.2, -0.15) is 0 Å². The highest BCUT2D eigenvalue weighted by Crippen LogP contribution is 2.40. The molecular formula is C22H26O3. The zero-order valence-electron chi connectivity index (χ0n) is 15.3. The molecule has 2 aromatic carbocycles. The first kappa shape index (κ1) is 18.8. The number of benzene rings is 2. The molecule has 132 valence electrons. The molecule has 0 aliphatic heterocycles. The highest BCUT2D eigenvalue weighted by Gasteiger charge is 2.31. The van der Waals surface area contributed by atoms with Crippen molar-refractivity contribution < 1.29 is 15.0 Å². The Morgan fingerprint density at radius 3 is 2.04 bits per heavy atom. The summed E-state index contributed by atoms with van der Waals surface area (Å²) in [6.07, 6.45) is 4.68. The number of aromatic hydroxyl groups is 1. The van der Waals surface area contributed by atoms with Crippen LogP contribution in [-0.2, 0) is 10.2 Å². The fraction of sp³-hybridized carbons (Fsp3) is 0.318. The van der Waals surface area contributed by atoms with Crippen LogP contribution in [0.25, 0.3) is 6.08 Å². The second kappa shape index (κ2) is 7.56. The smallest absolute Gasteiger partial charge is 0.328 e. The number of aliphatic carboxylic acids is 1. The van der Waals surface area contributed by atoms with Gasteiger partial charge in [-0.05, 0) is 66.6 Å². The van der Waals surface area contributed by atoms with Crippen molar-refractivity contribution in [3.8, 4) is 5.75 Å². The molecule has 2 N–H and O–H groups in total. The lowest BCUT2D eigenvalue weighted by Crippen LogP contribution is -2.26. The van der Waals surface area contributed by atoms with Crippen molar-refractivity contribution >= 4 is 12.0 Å². The minimum atomic E-state index is -0.945. The molecule has 0 atom stereocenters. The first-order valence-corrected chi connectivity index (χ1v) is 8.66. The zero-order chi connectivity index (χ0) is 18.6. The van der Waals surface area contributed by atoms with Gasteiger partial charge < -0.3 is 10.2 Å². The Labute approximate surface area is 149 Å². The summed E-state index contributed by atoms with van der Waals surface area (Å²) in [7, 11) is 0. The van der Waals surface area contributed by atoms with E-state index in [4.69, 9.17) is 5.11 Å². The number of aryl methyl sites for hydroxylation is 2. The summed E-state index contributed by atoms with van der Waals surface area (Å²) in [4.78, 5) is 10.7. The Hall–Kier alpha value is -2.55. The van der Waals surface area contributed by atoms with Crippen LogP contribution in [0.1, 0.15) is 54.5 Å². The number of carboxylic acid groups (broad SMARTS) is 1. The maximum atomic E-state index is 10.7. The molecule has 0 aromatic heterocycles. The quantitative estimate of drug-likeness (QED) is 0.711. The SMILES string of the molecule is CCC(CC)(c1ccc(O)c(C)c1)c1ccc(/C=C/C(=O)O)c(C)c1. The van der Waals surface area contributed by atoms with Gasteiger partial charge in [-0.1, -0.05) is 44.2 Å². The lowest BCUT2D eigenvalue weighted by Gasteiger charge is -2.34. The molecule has 0 radical (unpaired) electrons. The molecule has 3 nitrogen and oxygen atoms in total. The minimum absolute atomic E-state index is 0.127. The molecule has 0 fully saturated rings. The fourth-order valence-electron chi connectivity index (χ4n) is 3.51. The molecule has 0 unspecified atom stereocenters. The van der Waals surface area contributed by atoms with Crippen LogP contribution in [0.3, 0.4) is 0 Å². The van der Waals surface area contributed by atoms with Crippen LogP contribution in [0, 0.1) is 13.8 Å². The van der Waals surface area contributed by atoms with E-state index < -0.39 is 5.97 Å². The number of carbonyl (C=O) groups is 1. The molecule has 25 heavy (non-hydrogen) atoms. The normalized spacial score (nSPS) is 11.8. The number of hydrogen-bond donors (Lipinski definition) is 2. The summed E-state index contributed by atoms with van der Waals surface area (Å²) in [5.74, 6) is -0.630. The van der Waals surface area contributed by atoms with Gasteiger partial charge in [-0.15, -0.1) is 0 Å². The third kappa shape index (κ3) is 3.76. The van der Waals surface area contributed by atoms with Crippen molar-refractivity contribution in [1.82, 2.24) is 0 Å². The van der Waals surface area contributed by atoms with E-state index in [2.05, 4.69) is 32.0 Å². The van der Waals surface area contributed by atoms with E-state index in [1.165, 1.54) is 11.1 Å². The Morgan fingerprint density at radius 2 is 1.56 bits per heavy atom. The second-order valence-electron chi connectivity index (χ2n) is 6.53. The highest BCUT2D eigenvalue weighted by atomic mass is 16.4. The molecule has 0 spiro atoms. The van der Waals surface area contributed by atoms with Gasteiger partial charge in [-0.25, -0.2) is 4.79 Å². The first-order chi connectivity index (χ1) is 11.8. The summed E-state index contributed by atoms with van der Waals surface area (Å²) in [5, 5.41) is 18.7. The molecule has 0 saturated carbocycles. The Morgan fingerprint density at radius 1 is 1.00 bits per heavy atom. The van der Waals surface area contributed by atoms with Crippen LogP contribution in [0.15, 0.2) is 42.5 Å². The van der Waals surface area contributed by atoms with Crippen molar-refractivity contribution in [2.24, 2.45) is 0 Å². The molecule has 0 aliphatic rings. The molecule has 0 saturated heterocycles. The fourth-order valence-corrected chi connectivity index (χ4v) is 3.51. The standard InChI is InChI=1S/C22H26O3/c1-5-22(6-2,19-10-11-20(23)16(4)14-19)18-9-7-17(15(3)13-18)8-12-21(24)25/h7-14,23H,5-6H2,1-4H3,(H,24,25)/b12-8+. The summed E-state index contributed by atoms with van der Waals surface area (Å²) in [6.45, 7) is 8.28. The maximum Gasteiger partial charge on any atom is 0.328 e. The van der Waals surface area contributed by atoms with E-state index >= 15 is 0 Å². The van der Waals surface area contributed by atoms with Crippen molar-refractivity contribution in [1.29, 1.82) is 0 Å². The maximum absolute atomic E-state index is 10.7. The van der Waals surface area contributed by atoms with Gasteiger partial charge >= 0.3 is 5.97 Å². The number of hydrogen-bond acceptors (Lipinski definition) is 2. The van der Waals surface area contributed by atoms with Crippen LogP contribution >= 0.6 is 0 Å². The van der Waals surface area contributed by atoms with Crippen LogP contribution in [0.5, 0.6) is 5.75 Å². The predicted molar refractivity (Wildman–Crippen MR) is 102 cm³/mol. The van der Waals surface area contributed by atoms with Gasteiger partial charge in [-0.3, -0.25) is 0 Å². The average molecular weight is 338 g/mol. The molecule has 0 heterocycles. The van der Waals surface area contributed by atoms with E-state index in [1.807, 2.05) is 26.0 Å². The van der Waals surface area contributed by atoms with Crippen molar-refractivity contribution in [2.45, 2.75) is 46.0 Å². The van der Waals surface area contributed by atoms with E-state index in [-0.39, 0.29) is 5.41 Å². The zero-order valence-corrected chi connectivity index (χ0v) is 15.3. The molecule has 2 rings (SSSR count). The third-order valence-electron chi connectivity index (χ3n) is 5.18. The lowest BCUT2D eigenvalue weighted by molar-refractivity contribution is -0.131. The number of rotatable bonds is 6. The topological polar surface area (TPSA) is 57.5 Å². The summed E-state index contributed by atoms with van der Waals surface area (Å²) < 4.78 is 0. The van der Waals surface area contributed by atoms with Crippen LogP contribution in [0.2, 0.25) is 0 Å². The van der Waals surface area contributed by atoms with E-state index in [0.29, 0.717) is 5.75 Å². The first-order valence-electron chi connectivity index (χ1n) is 8.66. The Bertz CT molecular complexity index is 799. The number of phenolic OH excluding ortho intramolecular Hbond substituents is 1. The molecule has 0 aliphatic carbocycles. The van der Waals surface area contributed by atoms with Gasteiger partial charge in [0.05, 0.1) is 0 Å². The summed E-state index contributed by atoms with van der Waals surface area (Å²) >= 11 is 0. The van der Waals surface area contributed by atoms with E-state index in [1.54, 1.807) is 12.1 Å². The second-order valence-corrected chi connectivity index (χ2v) is 6.53. The lowest BCUT2D eigenvalue weighted by atomic mass is 9.70. The van der Waals surface area contributed by atoms with E-state index in [9.17, 15) is 9.90 Å². The molecule has 0 amide bonds. The van der Waals surface area contributed by atoms with Gasteiger partial charge in [0.2, 0.25) is 0 Å². The number of phenols is 1. The van der Waals surface area contributed by atoms with Crippen molar-refractivity contribution in [3.63, 3.8) is 0 Å². The van der Waals surface area contributed by atoms with Gasteiger partial charge in [0.15, 0.2) is 0 Å². The molecular weight excluding hydrogens is 312 g/mol. The molecule has 0 bridgehead atoms. The van der Waals surface area contributed by atoms with Gasteiger partial charge in [0.1, 0.15) is 5.75 Å². The molecule has 2 aromatic rings. The van der Waals surface area contributed by atoms with E-state index in [0.717, 1.165) is 35.6 Å². The molecule has 3 heteroatoms. The minimum Gasteiger partial charge on any atom is -0.508 e. The highest BCUT2D eigenvalue weighted by molar-refractivity contribution is 5.85. The van der Waals surface area contributed by atoms with Gasteiger partial charge in [0.25, 0.3) is 0 Å². The number of carboxylic acids is 1. The summed E-state index contributed by atoms with van der Waals surface area (Å²) in [6, 6.07) is 12.1. The Balaban J connectivity index is 2.55. The Kier molecular flexibility index (Phi) is 5.68. The van der Waals surface area contributed by atoms with Gasteiger partial charge in [0, 0.05) is 11.5 Å². The van der Waals surface area contributed by atoms with Crippen LogP contribution in [-0.4, -0.2) is 16.2 Å². The summed E-state index contributed by atoms with van der Waals surface area (Å²) in [5.41, 5.74) is 5.12. The largest absolute Gasteiger partial charge is 0.508 e. The van der Waals surface area contributed by atoms with Crippen molar-refractivity contribution in [3.05, 3.63) is 70.3 Å². The third-order valence-corrected chi connectivity index (χ3v) is 5.18. The predicted octanol–water partition coefficient (Wildman–Crippen LogP) is 5.21. The van der Waals surface area contributed by atoms with Crippen LogP contribution < -0.4 is 0 Å².